The van der Waals surface area contributed by atoms with Crippen molar-refractivity contribution >= 4 is 23.3 Å². The largest absolute Gasteiger partial charge is 0.497 e. The Balaban J connectivity index is 1.96. The van der Waals surface area contributed by atoms with Crippen LogP contribution in [0.1, 0.15) is 26.7 Å². The number of nitrogens with one attached hydrogen (secondary N) is 2. The average molecular weight is 467 g/mol. The minimum atomic E-state index is -0.435. The van der Waals surface area contributed by atoms with Crippen LogP contribution < -0.4 is 20.1 Å². The number of hydrogen-bond acceptors (Lipinski definition) is 8. The van der Waals surface area contributed by atoms with Gasteiger partial charge in [0.05, 0.1) is 38.6 Å². The zero-order valence-electron chi connectivity index (χ0n) is 19.9. The molecule has 0 saturated carbocycles. The Morgan fingerprint density at radius 3 is 1.32 bits per heavy atom. The molecular formula is C26H30N2O6. The van der Waals surface area contributed by atoms with Gasteiger partial charge in [-0.2, -0.15) is 0 Å². The van der Waals surface area contributed by atoms with E-state index in [2.05, 4.69) is 10.6 Å². The Bertz CT molecular complexity index is 984. The normalized spacial score (nSPS) is 13.3. The van der Waals surface area contributed by atoms with E-state index < -0.39 is 11.9 Å². The lowest BCUT2D eigenvalue weighted by atomic mass is 9.92. The summed E-state index contributed by atoms with van der Waals surface area (Å²) in [5.74, 6) is 0.560. The summed E-state index contributed by atoms with van der Waals surface area (Å²) in [6.45, 7) is 4.00. The first-order chi connectivity index (χ1) is 16.5. The Hall–Kier alpha value is -3.94. The van der Waals surface area contributed by atoms with Crippen molar-refractivity contribution in [3.05, 3.63) is 71.1 Å². The van der Waals surface area contributed by atoms with Gasteiger partial charge in [0.25, 0.3) is 0 Å². The molecule has 0 aliphatic heterocycles. The van der Waals surface area contributed by atoms with Gasteiger partial charge < -0.3 is 29.6 Å². The van der Waals surface area contributed by atoms with Gasteiger partial charge >= 0.3 is 11.9 Å². The molecule has 1 aliphatic rings. The highest BCUT2D eigenvalue weighted by atomic mass is 16.5. The third-order valence-electron chi connectivity index (χ3n) is 5.25. The fourth-order valence-corrected chi connectivity index (χ4v) is 3.54. The number of esters is 2. The molecule has 0 saturated heterocycles. The molecule has 0 aromatic heterocycles. The van der Waals surface area contributed by atoms with Crippen LogP contribution in [0, 0.1) is 0 Å². The molecule has 8 heteroatoms. The van der Waals surface area contributed by atoms with E-state index in [9.17, 15) is 9.59 Å². The van der Waals surface area contributed by atoms with E-state index >= 15 is 0 Å². The van der Waals surface area contributed by atoms with E-state index in [-0.39, 0.29) is 26.1 Å². The highest BCUT2D eigenvalue weighted by molar-refractivity contribution is 5.96. The first kappa shape index (κ1) is 24.7. The second-order valence-electron chi connectivity index (χ2n) is 7.42. The topological polar surface area (TPSA) is 95.1 Å². The first-order valence-electron chi connectivity index (χ1n) is 11.1. The molecule has 2 aromatic rings. The van der Waals surface area contributed by atoms with Gasteiger partial charge in [-0.05, 0) is 62.4 Å². The quantitative estimate of drug-likeness (QED) is 0.489. The van der Waals surface area contributed by atoms with Gasteiger partial charge in [0.2, 0.25) is 0 Å². The fraction of sp³-hybridized carbons (Fsp3) is 0.308. The number of rotatable bonds is 10. The standard InChI is InChI=1S/C26H30N2O6/c1-5-33-25(29)21-15-24(28-18-9-13-20(32-4)14-10-18)22(26(30)34-6-2)16-23(21)27-17-7-11-19(31-3)12-8-17/h7-14,27-28H,5-6,15-16H2,1-4H3. The number of ether oxygens (including phenoxy) is 4. The van der Waals surface area contributed by atoms with Crippen molar-refractivity contribution in [3.8, 4) is 11.5 Å². The average Bonchev–Trinajstić information content (AvgIpc) is 2.85. The monoisotopic (exact) mass is 466 g/mol. The minimum Gasteiger partial charge on any atom is -0.497 e. The molecule has 0 amide bonds. The molecule has 3 rings (SSSR count). The molecule has 1 aliphatic carbocycles. The second-order valence-corrected chi connectivity index (χ2v) is 7.42. The second kappa shape index (κ2) is 11.8. The van der Waals surface area contributed by atoms with Crippen LogP contribution in [-0.4, -0.2) is 39.4 Å². The highest BCUT2D eigenvalue weighted by Crippen LogP contribution is 2.34. The van der Waals surface area contributed by atoms with Crippen LogP contribution >= 0.6 is 0 Å². The lowest BCUT2D eigenvalue weighted by Gasteiger charge is -2.26. The zero-order valence-corrected chi connectivity index (χ0v) is 19.9. The van der Waals surface area contributed by atoms with E-state index in [1.54, 1.807) is 28.1 Å². The number of allylic oxidation sites excluding steroid dienone is 2. The molecule has 2 N–H and O–H groups in total. The molecule has 0 bridgehead atoms. The van der Waals surface area contributed by atoms with Crippen molar-refractivity contribution in [2.75, 3.05) is 38.1 Å². The molecule has 0 unspecified atom stereocenters. The maximum absolute atomic E-state index is 12.9. The van der Waals surface area contributed by atoms with Crippen LogP contribution in [0.3, 0.4) is 0 Å². The van der Waals surface area contributed by atoms with Crippen LogP contribution in [0.5, 0.6) is 11.5 Å². The summed E-state index contributed by atoms with van der Waals surface area (Å²) >= 11 is 0. The number of anilines is 2. The summed E-state index contributed by atoms with van der Waals surface area (Å²) in [6.07, 6.45) is 0.356. The van der Waals surface area contributed by atoms with Crippen molar-refractivity contribution in [2.45, 2.75) is 26.7 Å². The molecule has 0 radical (unpaired) electrons. The molecular weight excluding hydrogens is 436 g/mol. The van der Waals surface area contributed by atoms with Crippen molar-refractivity contribution < 1.29 is 28.5 Å². The number of hydrogen-bond donors (Lipinski definition) is 2. The van der Waals surface area contributed by atoms with Crippen LogP contribution in [0.2, 0.25) is 0 Å². The predicted molar refractivity (Wildman–Crippen MR) is 130 cm³/mol. The van der Waals surface area contributed by atoms with Gasteiger partial charge in [0, 0.05) is 35.6 Å². The summed E-state index contributed by atoms with van der Waals surface area (Å²) in [4.78, 5) is 25.7. The summed E-state index contributed by atoms with van der Waals surface area (Å²) < 4.78 is 21.1. The molecule has 8 nitrogen and oxygen atoms in total. The van der Waals surface area contributed by atoms with Crippen molar-refractivity contribution in [2.24, 2.45) is 0 Å². The molecule has 0 atom stereocenters. The van der Waals surface area contributed by atoms with Crippen molar-refractivity contribution in [1.29, 1.82) is 0 Å². The molecule has 180 valence electrons. The summed E-state index contributed by atoms with van der Waals surface area (Å²) in [7, 11) is 3.19. The molecule has 0 spiro atoms. The summed E-state index contributed by atoms with van der Waals surface area (Å²) in [5, 5.41) is 6.57. The van der Waals surface area contributed by atoms with Crippen molar-refractivity contribution in [1.82, 2.24) is 0 Å². The molecule has 2 aromatic carbocycles. The van der Waals surface area contributed by atoms with E-state index in [1.165, 1.54) is 0 Å². The van der Waals surface area contributed by atoms with Gasteiger partial charge in [0.15, 0.2) is 0 Å². The Morgan fingerprint density at radius 2 is 1.03 bits per heavy atom. The van der Waals surface area contributed by atoms with Gasteiger partial charge in [-0.1, -0.05) is 0 Å². The first-order valence-corrected chi connectivity index (χ1v) is 11.1. The van der Waals surface area contributed by atoms with Crippen LogP contribution in [0.25, 0.3) is 0 Å². The lowest BCUT2D eigenvalue weighted by molar-refractivity contribution is -0.140. The van der Waals surface area contributed by atoms with Crippen molar-refractivity contribution in [3.63, 3.8) is 0 Å². The minimum absolute atomic E-state index is 0.178. The Morgan fingerprint density at radius 1 is 0.676 bits per heavy atom. The lowest BCUT2D eigenvalue weighted by Crippen LogP contribution is -2.25. The fourth-order valence-electron chi connectivity index (χ4n) is 3.54. The highest BCUT2D eigenvalue weighted by Gasteiger charge is 2.30. The Labute approximate surface area is 199 Å². The number of benzene rings is 2. The zero-order chi connectivity index (χ0) is 24.5. The summed E-state index contributed by atoms with van der Waals surface area (Å²) in [5.41, 5.74) is 3.59. The number of carbonyl (C=O) groups is 2. The maximum Gasteiger partial charge on any atom is 0.336 e. The van der Waals surface area contributed by atoms with Crippen LogP contribution in [0.4, 0.5) is 11.4 Å². The smallest absolute Gasteiger partial charge is 0.336 e. The number of methoxy groups -OCH3 is 2. The molecule has 34 heavy (non-hydrogen) atoms. The third-order valence-corrected chi connectivity index (χ3v) is 5.25. The predicted octanol–water partition coefficient (Wildman–Crippen LogP) is 4.66. The Kier molecular flexibility index (Phi) is 8.56. The van der Waals surface area contributed by atoms with Gasteiger partial charge in [-0.15, -0.1) is 0 Å². The van der Waals surface area contributed by atoms with Crippen LogP contribution in [-0.2, 0) is 19.1 Å². The van der Waals surface area contributed by atoms with E-state index in [4.69, 9.17) is 18.9 Å². The van der Waals surface area contributed by atoms with E-state index in [0.29, 0.717) is 34.0 Å². The van der Waals surface area contributed by atoms with Gasteiger partial charge in [0.1, 0.15) is 11.5 Å². The SMILES string of the molecule is CCOC(=O)C1=C(Nc2ccc(OC)cc2)CC(C(=O)OCC)=C(Nc2ccc(OC)cc2)C1. The van der Waals surface area contributed by atoms with E-state index in [0.717, 1.165) is 11.4 Å². The summed E-state index contributed by atoms with van der Waals surface area (Å²) in [6, 6.07) is 14.6. The third kappa shape index (κ3) is 6.10. The van der Waals surface area contributed by atoms with Crippen LogP contribution in [0.15, 0.2) is 71.1 Å². The van der Waals surface area contributed by atoms with E-state index in [1.807, 2.05) is 48.5 Å². The molecule has 0 heterocycles. The molecule has 0 fully saturated rings. The maximum atomic E-state index is 12.9. The van der Waals surface area contributed by atoms with Gasteiger partial charge in [-0.3, -0.25) is 0 Å². The number of carbonyl (C=O) groups excluding carboxylic acids is 2. The van der Waals surface area contributed by atoms with Gasteiger partial charge in [-0.25, -0.2) is 9.59 Å².